The molecule has 0 radical (unpaired) electrons. The number of para-hydroxylation sites is 1. The molecule has 0 aliphatic carbocycles. The summed E-state index contributed by atoms with van der Waals surface area (Å²) in [5.74, 6) is -0.165. The molecule has 1 aliphatic rings. The van der Waals surface area contributed by atoms with Crippen LogP contribution in [-0.2, 0) is 4.74 Å². The molecule has 5 heteroatoms. The van der Waals surface area contributed by atoms with Crippen molar-refractivity contribution < 1.29 is 9.53 Å². The highest BCUT2D eigenvalue weighted by Crippen LogP contribution is 2.22. The zero-order valence-corrected chi connectivity index (χ0v) is 12.8. The van der Waals surface area contributed by atoms with E-state index in [1.54, 1.807) is 12.1 Å². The van der Waals surface area contributed by atoms with Gasteiger partial charge in [0.05, 0.1) is 23.9 Å². The number of anilines is 2. The molecule has 2 aromatic rings. The first-order valence-electron chi connectivity index (χ1n) is 7.23. The molecule has 4 nitrogen and oxygen atoms in total. The van der Waals surface area contributed by atoms with E-state index in [-0.39, 0.29) is 5.91 Å². The third-order valence-corrected chi connectivity index (χ3v) is 3.96. The number of hydrogen-bond acceptors (Lipinski definition) is 3. The lowest BCUT2D eigenvalue weighted by Crippen LogP contribution is -2.36. The van der Waals surface area contributed by atoms with Crippen LogP contribution in [0.25, 0.3) is 0 Å². The van der Waals surface area contributed by atoms with Crippen LogP contribution in [0.4, 0.5) is 11.4 Å². The number of halogens is 1. The molecule has 1 saturated heterocycles. The second-order valence-corrected chi connectivity index (χ2v) is 5.49. The van der Waals surface area contributed by atoms with Crippen molar-refractivity contribution in [1.29, 1.82) is 0 Å². The van der Waals surface area contributed by atoms with Gasteiger partial charge in [-0.3, -0.25) is 4.79 Å². The Labute approximate surface area is 134 Å². The average molecular weight is 317 g/mol. The van der Waals surface area contributed by atoms with Crippen molar-refractivity contribution in [2.75, 3.05) is 36.5 Å². The van der Waals surface area contributed by atoms with Crippen molar-refractivity contribution >= 4 is 28.9 Å². The predicted octanol–water partition coefficient (Wildman–Crippen LogP) is 3.43. The molecular formula is C17H17ClN2O2. The summed E-state index contributed by atoms with van der Waals surface area (Å²) in [4.78, 5) is 14.5. The van der Waals surface area contributed by atoms with E-state index < -0.39 is 0 Å². The van der Waals surface area contributed by atoms with Crippen molar-refractivity contribution in [2.24, 2.45) is 0 Å². The number of carbonyl (C=O) groups excluding carboxylic acids is 1. The van der Waals surface area contributed by atoms with Crippen LogP contribution < -0.4 is 10.2 Å². The second kappa shape index (κ2) is 6.81. The van der Waals surface area contributed by atoms with Crippen LogP contribution in [0.3, 0.4) is 0 Å². The van der Waals surface area contributed by atoms with Gasteiger partial charge in [0.25, 0.3) is 5.91 Å². The number of nitrogens with zero attached hydrogens (tertiary/aromatic N) is 1. The predicted molar refractivity (Wildman–Crippen MR) is 88.9 cm³/mol. The smallest absolute Gasteiger partial charge is 0.255 e. The summed E-state index contributed by atoms with van der Waals surface area (Å²) in [7, 11) is 0. The highest BCUT2D eigenvalue weighted by Gasteiger charge is 2.12. The molecule has 22 heavy (non-hydrogen) atoms. The van der Waals surface area contributed by atoms with Gasteiger partial charge < -0.3 is 15.0 Å². The Kier molecular flexibility index (Phi) is 4.61. The number of rotatable bonds is 3. The molecule has 0 bridgehead atoms. The first-order chi connectivity index (χ1) is 10.7. The van der Waals surface area contributed by atoms with Crippen LogP contribution in [0, 0.1) is 0 Å². The number of nitrogens with one attached hydrogen (secondary N) is 1. The lowest BCUT2D eigenvalue weighted by molar-refractivity contribution is 0.102. The summed E-state index contributed by atoms with van der Waals surface area (Å²) in [6.45, 7) is 3.25. The largest absolute Gasteiger partial charge is 0.378 e. The zero-order valence-electron chi connectivity index (χ0n) is 12.1. The normalized spacial score (nSPS) is 14.7. The summed E-state index contributed by atoms with van der Waals surface area (Å²) in [6.07, 6.45) is 0. The molecule has 1 heterocycles. The van der Waals surface area contributed by atoms with Crippen LogP contribution >= 0.6 is 11.6 Å². The summed E-state index contributed by atoms with van der Waals surface area (Å²) < 4.78 is 5.34. The van der Waals surface area contributed by atoms with Crippen LogP contribution in [-0.4, -0.2) is 32.2 Å². The summed E-state index contributed by atoms with van der Waals surface area (Å²) >= 11 is 6.05. The first kappa shape index (κ1) is 14.9. The fraction of sp³-hybridized carbons (Fsp3) is 0.235. The Balaban J connectivity index is 1.69. The molecule has 0 saturated carbocycles. The topological polar surface area (TPSA) is 41.6 Å². The SMILES string of the molecule is O=C(Nc1ccccc1Cl)c1ccc(N2CCOCC2)cc1. The van der Waals surface area contributed by atoms with Gasteiger partial charge in [-0.15, -0.1) is 0 Å². The van der Waals surface area contributed by atoms with Gasteiger partial charge in [-0.2, -0.15) is 0 Å². The monoisotopic (exact) mass is 316 g/mol. The van der Waals surface area contributed by atoms with Crippen molar-refractivity contribution in [3.8, 4) is 0 Å². The van der Waals surface area contributed by atoms with Gasteiger partial charge in [-0.25, -0.2) is 0 Å². The molecule has 1 aliphatic heterocycles. The maximum atomic E-state index is 12.3. The lowest BCUT2D eigenvalue weighted by atomic mass is 10.1. The van der Waals surface area contributed by atoms with Crippen molar-refractivity contribution in [2.45, 2.75) is 0 Å². The summed E-state index contributed by atoms with van der Waals surface area (Å²) in [6, 6.07) is 14.8. The van der Waals surface area contributed by atoms with E-state index in [1.165, 1.54) is 0 Å². The number of benzene rings is 2. The number of amides is 1. The Hall–Kier alpha value is -2.04. The maximum Gasteiger partial charge on any atom is 0.255 e. The molecule has 2 aromatic carbocycles. The third-order valence-electron chi connectivity index (χ3n) is 3.63. The fourth-order valence-corrected chi connectivity index (χ4v) is 2.59. The van der Waals surface area contributed by atoms with E-state index >= 15 is 0 Å². The molecule has 1 fully saturated rings. The van der Waals surface area contributed by atoms with Crippen LogP contribution in [0.2, 0.25) is 5.02 Å². The standard InChI is InChI=1S/C17H17ClN2O2/c18-15-3-1-2-4-16(15)19-17(21)13-5-7-14(8-6-13)20-9-11-22-12-10-20/h1-8H,9-12H2,(H,19,21). The Morgan fingerprint density at radius 2 is 1.73 bits per heavy atom. The van der Waals surface area contributed by atoms with Gasteiger partial charge in [-0.05, 0) is 36.4 Å². The van der Waals surface area contributed by atoms with Crippen molar-refractivity contribution in [3.05, 3.63) is 59.1 Å². The number of hydrogen-bond donors (Lipinski definition) is 1. The maximum absolute atomic E-state index is 12.3. The Bertz CT molecular complexity index is 652. The third kappa shape index (κ3) is 3.40. The van der Waals surface area contributed by atoms with E-state index in [0.29, 0.717) is 16.3 Å². The summed E-state index contributed by atoms with van der Waals surface area (Å²) in [5, 5.41) is 3.35. The molecule has 0 spiro atoms. The molecular weight excluding hydrogens is 300 g/mol. The van der Waals surface area contributed by atoms with Gasteiger partial charge in [0.2, 0.25) is 0 Å². The zero-order chi connectivity index (χ0) is 15.4. The van der Waals surface area contributed by atoms with Gasteiger partial charge in [0.1, 0.15) is 0 Å². The van der Waals surface area contributed by atoms with E-state index in [0.717, 1.165) is 32.0 Å². The molecule has 0 atom stereocenters. The molecule has 1 N–H and O–H groups in total. The van der Waals surface area contributed by atoms with Gasteiger partial charge >= 0.3 is 0 Å². The highest BCUT2D eigenvalue weighted by molar-refractivity contribution is 6.33. The Morgan fingerprint density at radius 1 is 1.05 bits per heavy atom. The van der Waals surface area contributed by atoms with Gasteiger partial charge in [0, 0.05) is 24.3 Å². The second-order valence-electron chi connectivity index (χ2n) is 5.08. The highest BCUT2D eigenvalue weighted by atomic mass is 35.5. The first-order valence-corrected chi connectivity index (χ1v) is 7.60. The average Bonchev–Trinajstić information content (AvgIpc) is 2.58. The minimum Gasteiger partial charge on any atom is -0.378 e. The molecule has 0 unspecified atom stereocenters. The van der Waals surface area contributed by atoms with Crippen LogP contribution in [0.15, 0.2) is 48.5 Å². The Morgan fingerprint density at radius 3 is 2.41 bits per heavy atom. The molecule has 1 amide bonds. The van der Waals surface area contributed by atoms with Crippen LogP contribution in [0.1, 0.15) is 10.4 Å². The quantitative estimate of drug-likeness (QED) is 0.943. The molecule has 114 valence electrons. The van der Waals surface area contributed by atoms with Crippen molar-refractivity contribution in [1.82, 2.24) is 0 Å². The van der Waals surface area contributed by atoms with Crippen molar-refractivity contribution in [3.63, 3.8) is 0 Å². The summed E-state index contributed by atoms with van der Waals surface area (Å²) in [5.41, 5.74) is 2.33. The van der Waals surface area contributed by atoms with E-state index in [9.17, 15) is 4.79 Å². The van der Waals surface area contributed by atoms with Crippen LogP contribution in [0.5, 0.6) is 0 Å². The lowest BCUT2D eigenvalue weighted by Gasteiger charge is -2.28. The number of carbonyl (C=O) groups is 1. The van der Waals surface area contributed by atoms with Gasteiger partial charge in [-0.1, -0.05) is 23.7 Å². The minimum absolute atomic E-state index is 0.165. The fourth-order valence-electron chi connectivity index (χ4n) is 2.40. The number of ether oxygens (including phenoxy) is 1. The van der Waals surface area contributed by atoms with E-state index in [1.807, 2.05) is 36.4 Å². The van der Waals surface area contributed by atoms with Gasteiger partial charge in [0.15, 0.2) is 0 Å². The minimum atomic E-state index is -0.165. The number of morpholine rings is 1. The molecule has 3 rings (SSSR count). The molecule has 0 aromatic heterocycles. The van der Waals surface area contributed by atoms with E-state index in [2.05, 4.69) is 10.2 Å². The van der Waals surface area contributed by atoms with E-state index in [4.69, 9.17) is 16.3 Å².